The first-order valence-corrected chi connectivity index (χ1v) is 5.95. The standard InChI is InChI=1S/C13H18N2O2/c1-15(10-4-2-3-5-10)13(17)9-6-7-11(14)12(16)8-9/h6-8,10,16H,2-5,14H2,1H3. The molecule has 4 nitrogen and oxygen atoms in total. The van der Waals surface area contributed by atoms with Gasteiger partial charge in [0, 0.05) is 18.7 Å². The SMILES string of the molecule is CN(C(=O)c1ccc(N)c(O)c1)C1CCCC1. The molecule has 0 bridgehead atoms. The smallest absolute Gasteiger partial charge is 0.253 e. The van der Waals surface area contributed by atoms with Crippen molar-refractivity contribution in [1.29, 1.82) is 0 Å². The van der Waals surface area contributed by atoms with Crippen LogP contribution < -0.4 is 5.73 Å². The second kappa shape index (κ2) is 4.65. The third-order valence-corrected chi connectivity index (χ3v) is 3.47. The molecule has 1 aromatic carbocycles. The molecule has 2 rings (SSSR count). The van der Waals surface area contributed by atoms with Gasteiger partial charge in [-0.2, -0.15) is 0 Å². The molecule has 1 fully saturated rings. The number of phenolic OH excluding ortho intramolecular Hbond substituents is 1. The third-order valence-electron chi connectivity index (χ3n) is 3.47. The Bertz CT molecular complexity index is 425. The molecule has 0 aliphatic heterocycles. The Morgan fingerprint density at radius 3 is 2.65 bits per heavy atom. The summed E-state index contributed by atoms with van der Waals surface area (Å²) in [5.74, 6) is -0.0807. The molecule has 1 aliphatic rings. The summed E-state index contributed by atoms with van der Waals surface area (Å²) in [5.41, 5.74) is 6.30. The van der Waals surface area contributed by atoms with Crippen LogP contribution in [0.15, 0.2) is 18.2 Å². The first-order valence-electron chi connectivity index (χ1n) is 5.95. The third kappa shape index (κ3) is 2.35. The summed E-state index contributed by atoms with van der Waals surface area (Å²) in [6.45, 7) is 0. The zero-order valence-corrected chi connectivity index (χ0v) is 10.0. The molecular weight excluding hydrogens is 216 g/mol. The number of hydrogen-bond donors (Lipinski definition) is 2. The average Bonchev–Trinajstić information content (AvgIpc) is 2.84. The Kier molecular flexibility index (Phi) is 3.22. The van der Waals surface area contributed by atoms with Crippen LogP contribution >= 0.6 is 0 Å². The number of nitrogen functional groups attached to an aromatic ring is 1. The Morgan fingerprint density at radius 2 is 2.06 bits per heavy atom. The maximum absolute atomic E-state index is 12.2. The predicted molar refractivity (Wildman–Crippen MR) is 66.9 cm³/mol. The van der Waals surface area contributed by atoms with Gasteiger partial charge in [0.05, 0.1) is 5.69 Å². The van der Waals surface area contributed by atoms with Gasteiger partial charge < -0.3 is 15.7 Å². The van der Waals surface area contributed by atoms with Gasteiger partial charge in [-0.05, 0) is 31.0 Å². The van der Waals surface area contributed by atoms with Crippen LogP contribution in [-0.4, -0.2) is 29.0 Å². The summed E-state index contributed by atoms with van der Waals surface area (Å²) in [5, 5.41) is 9.50. The second-order valence-corrected chi connectivity index (χ2v) is 4.63. The van der Waals surface area contributed by atoms with Crippen LogP contribution in [0.25, 0.3) is 0 Å². The van der Waals surface area contributed by atoms with Crippen LogP contribution in [0.5, 0.6) is 5.75 Å². The van der Waals surface area contributed by atoms with E-state index in [-0.39, 0.29) is 11.7 Å². The van der Waals surface area contributed by atoms with E-state index in [1.54, 1.807) is 17.0 Å². The highest BCUT2D eigenvalue weighted by atomic mass is 16.3. The second-order valence-electron chi connectivity index (χ2n) is 4.63. The van der Waals surface area contributed by atoms with E-state index in [1.165, 1.54) is 18.9 Å². The molecule has 17 heavy (non-hydrogen) atoms. The summed E-state index contributed by atoms with van der Waals surface area (Å²) in [6, 6.07) is 4.99. The monoisotopic (exact) mass is 234 g/mol. The van der Waals surface area contributed by atoms with E-state index in [2.05, 4.69) is 0 Å². The number of nitrogens with two attached hydrogens (primary N) is 1. The number of benzene rings is 1. The lowest BCUT2D eigenvalue weighted by Gasteiger charge is -2.24. The molecule has 0 unspecified atom stereocenters. The molecule has 0 aromatic heterocycles. The van der Waals surface area contributed by atoms with E-state index in [9.17, 15) is 9.90 Å². The molecule has 92 valence electrons. The molecule has 3 N–H and O–H groups in total. The summed E-state index contributed by atoms with van der Waals surface area (Å²) < 4.78 is 0. The minimum absolute atomic E-state index is 0.0318. The van der Waals surface area contributed by atoms with E-state index >= 15 is 0 Å². The lowest BCUT2D eigenvalue weighted by Crippen LogP contribution is -2.35. The Balaban J connectivity index is 2.15. The van der Waals surface area contributed by atoms with E-state index in [1.807, 2.05) is 7.05 Å². The number of carbonyl (C=O) groups excluding carboxylic acids is 1. The minimum atomic E-state index is -0.0489. The number of aromatic hydroxyl groups is 1. The van der Waals surface area contributed by atoms with Crippen molar-refractivity contribution in [3.05, 3.63) is 23.8 Å². The number of rotatable bonds is 2. The number of amides is 1. The fourth-order valence-corrected chi connectivity index (χ4v) is 2.34. The van der Waals surface area contributed by atoms with E-state index in [4.69, 9.17) is 5.73 Å². The normalized spacial score (nSPS) is 16.1. The summed E-state index contributed by atoms with van der Waals surface area (Å²) in [6.07, 6.45) is 4.52. The Hall–Kier alpha value is -1.71. The molecule has 0 saturated heterocycles. The zero-order chi connectivity index (χ0) is 12.4. The van der Waals surface area contributed by atoms with Crippen molar-refractivity contribution in [2.24, 2.45) is 0 Å². The van der Waals surface area contributed by atoms with Crippen molar-refractivity contribution >= 4 is 11.6 Å². The highest BCUT2D eigenvalue weighted by Gasteiger charge is 2.24. The van der Waals surface area contributed by atoms with Gasteiger partial charge in [0.15, 0.2) is 0 Å². The van der Waals surface area contributed by atoms with Crippen molar-refractivity contribution in [3.8, 4) is 5.75 Å². The molecule has 0 radical (unpaired) electrons. The highest BCUT2D eigenvalue weighted by molar-refractivity contribution is 5.95. The lowest BCUT2D eigenvalue weighted by atomic mass is 10.1. The summed E-state index contributed by atoms with van der Waals surface area (Å²) >= 11 is 0. The van der Waals surface area contributed by atoms with Gasteiger partial charge in [0.25, 0.3) is 5.91 Å². The van der Waals surface area contributed by atoms with E-state index in [0.29, 0.717) is 17.3 Å². The zero-order valence-electron chi connectivity index (χ0n) is 10.0. The van der Waals surface area contributed by atoms with Crippen molar-refractivity contribution in [3.63, 3.8) is 0 Å². The Morgan fingerprint density at radius 1 is 1.41 bits per heavy atom. The first-order chi connectivity index (χ1) is 8.09. The summed E-state index contributed by atoms with van der Waals surface area (Å²) in [7, 11) is 1.83. The highest BCUT2D eigenvalue weighted by Crippen LogP contribution is 2.25. The predicted octanol–water partition coefficient (Wildman–Crippen LogP) is 1.99. The maximum atomic E-state index is 12.2. The number of phenols is 1. The molecule has 1 aliphatic carbocycles. The quantitative estimate of drug-likeness (QED) is 0.607. The average molecular weight is 234 g/mol. The lowest BCUT2D eigenvalue weighted by molar-refractivity contribution is 0.0735. The number of carbonyl (C=O) groups is 1. The van der Waals surface area contributed by atoms with E-state index in [0.717, 1.165) is 12.8 Å². The fraction of sp³-hybridized carbons (Fsp3) is 0.462. The van der Waals surface area contributed by atoms with Gasteiger partial charge in [0.1, 0.15) is 5.75 Å². The van der Waals surface area contributed by atoms with Gasteiger partial charge in [0.2, 0.25) is 0 Å². The van der Waals surface area contributed by atoms with Crippen molar-refractivity contribution in [2.45, 2.75) is 31.7 Å². The number of anilines is 1. The van der Waals surface area contributed by atoms with Gasteiger partial charge in [-0.3, -0.25) is 4.79 Å². The van der Waals surface area contributed by atoms with Gasteiger partial charge in [-0.1, -0.05) is 12.8 Å². The number of hydrogen-bond acceptors (Lipinski definition) is 3. The van der Waals surface area contributed by atoms with Gasteiger partial charge in [-0.15, -0.1) is 0 Å². The molecule has 1 aromatic rings. The molecular formula is C13H18N2O2. The fourth-order valence-electron chi connectivity index (χ4n) is 2.34. The molecule has 1 saturated carbocycles. The molecule has 1 amide bonds. The van der Waals surface area contributed by atoms with Crippen LogP contribution in [0, 0.1) is 0 Å². The van der Waals surface area contributed by atoms with E-state index < -0.39 is 0 Å². The minimum Gasteiger partial charge on any atom is -0.506 e. The topological polar surface area (TPSA) is 66.6 Å². The van der Waals surface area contributed by atoms with Crippen LogP contribution in [-0.2, 0) is 0 Å². The van der Waals surface area contributed by atoms with Crippen molar-refractivity contribution in [2.75, 3.05) is 12.8 Å². The molecule has 4 heteroatoms. The van der Waals surface area contributed by atoms with Crippen LogP contribution in [0.1, 0.15) is 36.0 Å². The maximum Gasteiger partial charge on any atom is 0.253 e. The van der Waals surface area contributed by atoms with Crippen LogP contribution in [0.2, 0.25) is 0 Å². The van der Waals surface area contributed by atoms with Crippen LogP contribution in [0.4, 0.5) is 5.69 Å². The number of nitrogens with zero attached hydrogens (tertiary/aromatic N) is 1. The van der Waals surface area contributed by atoms with Crippen LogP contribution in [0.3, 0.4) is 0 Å². The van der Waals surface area contributed by atoms with Crippen molar-refractivity contribution < 1.29 is 9.90 Å². The first kappa shape index (κ1) is 11.8. The van der Waals surface area contributed by atoms with Gasteiger partial charge >= 0.3 is 0 Å². The molecule has 0 atom stereocenters. The Labute approximate surface area is 101 Å². The summed E-state index contributed by atoms with van der Waals surface area (Å²) in [4.78, 5) is 13.9. The van der Waals surface area contributed by atoms with Gasteiger partial charge in [-0.25, -0.2) is 0 Å². The van der Waals surface area contributed by atoms with Crippen molar-refractivity contribution in [1.82, 2.24) is 4.90 Å². The molecule has 0 heterocycles. The largest absolute Gasteiger partial charge is 0.506 e. The molecule has 0 spiro atoms.